The molecular formula is C74H89NO9. The Morgan fingerprint density at radius 2 is 1.64 bits per heavy atom. The van der Waals surface area contributed by atoms with Gasteiger partial charge in [0.2, 0.25) is 0 Å². The Kier molecular flexibility index (Phi) is 12.9. The van der Waals surface area contributed by atoms with Gasteiger partial charge in [-0.25, -0.2) is 4.79 Å². The number of ether oxygens (including phenoxy) is 2. The number of aldehydes is 1. The number of hydrogen-bond donors (Lipinski definition) is 6. The molecule has 9 fully saturated rings. The van der Waals surface area contributed by atoms with E-state index < -0.39 is 62.4 Å². The lowest BCUT2D eigenvalue weighted by atomic mass is 9.32. The fourth-order valence-corrected chi connectivity index (χ4v) is 25.0. The topological polar surface area (TPSA) is 166 Å². The largest absolute Gasteiger partial charge is 0.454 e. The van der Waals surface area contributed by atoms with Crippen molar-refractivity contribution in [2.24, 2.45) is 92.7 Å². The van der Waals surface area contributed by atoms with E-state index >= 15 is 20.1 Å². The third-order valence-corrected chi connectivity index (χ3v) is 27.9. The maximum atomic E-state index is 15.9. The number of rotatable bonds is 7. The minimum absolute atomic E-state index is 0.0444. The Hall–Kier alpha value is -4.44. The van der Waals surface area contributed by atoms with Crippen molar-refractivity contribution in [3.63, 3.8) is 0 Å². The third-order valence-electron chi connectivity index (χ3n) is 27.9. The summed E-state index contributed by atoms with van der Waals surface area (Å²) in [7, 11) is 1.94. The first-order valence-corrected chi connectivity index (χ1v) is 33.3. The van der Waals surface area contributed by atoms with Crippen LogP contribution in [0.25, 0.3) is 0 Å². The van der Waals surface area contributed by atoms with E-state index in [9.17, 15) is 15.0 Å². The number of aryl methyl sites for hydroxylation is 1. The van der Waals surface area contributed by atoms with Gasteiger partial charge in [0.1, 0.15) is 18.0 Å². The number of aliphatic hydroxyl groups is 5. The van der Waals surface area contributed by atoms with Crippen LogP contribution in [0.3, 0.4) is 0 Å². The van der Waals surface area contributed by atoms with Crippen molar-refractivity contribution >= 4 is 12.3 Å². The van der Waals surface area contributed by atoms with Gasteiger partial charge in [-0.05, 0) is 235 Å². The molecule has 8 saturated carbocycles. The highest BCUT2D eigenvalue weighted by Crippen LogP contribution is 2.83. The fraction of sp³-hybridized carbons (Fsp3) is 0.649. The van der Waals surface area contributed by atoms with Crippen molar-refractivity contribution in [3.05, 3.63) is 130 Å². The summed E-state index contributed by atoms with van der Waals surface area (Å²) in [5, 5.41) is 72.8. The monoisotopic (exact) mass is 1140 g/mol. The smallest absolute Gasteiger partial charge is 0.331 e. The molecule has 6 N–H and O–H groups in total. The summed E-state index contributed by atoms with van der Waals surface area (Å²) in [5.41, 5.74) is -2.10. The van der Waals surface area contributed by atoms with Crippen LogP contribution >= 0.6 is 0 Å². The molecular weight excluding hydrogens is 1050 g/mol. The van der Waals surface area contributed by atoms with Crippen LogP contribution in [0.1, 0.15) is 149 Å². The van der Waals surface area contributed by atoms with Gasteiger partial charge < -0.3 is 45.1 Å². The van der Waals surface area contributed by atoms with Crippen LogP contribution in [0.2, 0.25) is 0 Å². The van der Waals surface area contributed by atoms with Crippen LogP contribution in [-0.2, 0) is 51.4 Å². The molecule has 14 aliphatic rings. The summed E-state index contributed by atoms with van der Waals surface area (Å²) < 4.78 is 14.4. The number of fused-ring (bicyclic) bond motifs is 12. The normalized spacial score (nSPS) is 47.9. The van der Waals surface area contributed by atoms with Crippen LogP contribution in [0.5, 0.6) is 0 Å². The number of allylic oxidation sites excluding steroid dienone is 2. The van der Waals surface area contributed by atoms with E-state index in [-0.39, 0.29) is 79.8 Å². The number of nitrogens with one attached hydrogen (secondary N) is 1. The number of esters is 1. The molecule has 0 aromatic heterocycles. The van der Waals surface area contributed by atoms with Crippen molar-refractivity contribution in [1.82, 2.24) is 5.32 Å². The second kappa shape index (κ2) is 19.8. The first-order chi connectivity index (χ1) is 40.8. The van der Waals surface area contributed by atoms with Crippen LogP contribution < -0.4 is 5.32 Å². The standard InChI is InChI=1S/C74H89NO9/c1-75-63-35-58-49(15-8-17-52(58)40-76)14-5-6-24-70-25-23-64-69(42-77)41-68-37-48(20-19-44-10-3-2-4-11-44)29-53(68)32-56-30-46-13-7-12-45(26-46)27-47-21-22-51(28-47)57-18-9-16-50-31-62(67(68)83-56)74(69,82)55(34-59(50)57)38-72(64,80)73(70,81)39-54-33-60(63)66-61(36-65(79)84-66)71(54,70)43-78/h2-4,7-13,15-17,26,36,42,47-48,50-51,53-57,59-60,62-64,66-67,75-76,78,80-82H,6,18-25,27-35,37-41,43H2,1H3/t47-,48+,50+,51+,53-,54-,55+,56-,57+,59+,60-,62-,63-,64+,66-,67+,68+,69-,70+,71+,72-,73+,74-/m0/s1. The number of hydrogen-bond acceptors (Lipinski definition) is 10. The summed E-state index contributed by atoms with van der Waals surface area (Å²) in [6.45, 7) is -0.479. The van der Waals surface area contributed by atoms with E-state index in [0.717, 1.165) is 80.1 Å². The minimum Gasteiger partial charge on any atom is -0.454 e. The summed E-state index contributed by atoms with van der Waals surface area (Å²) >= 11 is 0. The lowest BCUT2D eigenvalue weighted by Crippen LogP contribution is -2.83. The number of carbonyl (C=O) groups is 2. The molecule has 10 nitrogen and oxygen atoms in total. The highest BCUT2D eigenvalue weighted by molar-refractivity contribution is 5.87. The van der Waals surface area contributed by atoms with Crippen molar-refractivity contribution < 1.29 is 44.6 Å². The average Bonchev–Trinajstić information content (AvgIpc) is 1.35. The van der Waals surface area contributed by atoms with E-state index in [1.54, 1.807) is 6.08 Å². The molecule has 3 aromatic carbocycles. The zero-order valence-electron chi connectivity index (χ0n) is 49.3. The van der Waals surface area contributed by atoms with E-state index in [1.807, 2.05) is 25.2 Å². The predicted octanol–water partition coefficient (Wildman–Crippen LogP) is 9.76. The van der Waals surface area contributed by atoms with Crippen LogP contribution in [-0.4, -0.2) is 92.6 Å². The highest BCUT2D eigenvalue weighted by Gasteiger charge is 2.87. The Balaban J connectivity index is 0.886. The molecule has 23 atom stereocenters. The van der Waals surface area contributed by atoms with E-state index in [2.05, 4.69) is 83.9 Å². The van der Waals surface area contributed by atoms with Crippen molar-refractivity contribution in [3.8, 4) is 11.8 Å². The molecule has 3 aliphatic heterocycles. The Morgan fingerprint density at radius 3 is 2.46 bits per heavy atom. The van der Waals surface area contributed by atoms with Crippen molar-refractivity contribution in [2.45, 2.75) is 189 Å². The number of benzene rings is 3. The lowest BCUT2D eigenvalue weighted by molar-refractivity contribution is -0.369. The maximum absolute atomic E-state index is 15.9. The Bertz CT molecular complexity index is 3260. The first-order valence-electron chi connectivity index (χ1n) is 33.3. The average molecular weight is 1140 g/mol. The zero-order valence-corrected chi connectivity index (χ0v) is 49.3. The second-order valence-corrected chi connectivity index (χ2v) is 30.5. The second-order valence-electron chi connectivity index (χ2n) is 30.5. The molecule has 17 rings (SSSR count). The molecule has 10 heteroatoms. The molecule has 0 amide bonds. The molecule has 2 spiro atoms. The van der Waals surface area contributed by atoms with Gasteiger partial charge in [-0.2, -0.15) is 0 Å². The number of likely N-dealkylation sites (N-methyl/N-ethyl adjacent to an activating group) is 1. The maximum Gasteiger partial charge on any atom is 0.331 e. The summed E-state index contributed by atoms with van der Waals surface area (Å²) in [6, 6.07) is 25.9. The van der Waals surface area contributed by atoms with Gasteiger partial charge in [-0.1, -0.05) is 90.7 Å². The van der Waals surface area contributed by atoms with Gasteiger partial charge in [-0.3, -0.25) is 0 Å². The Morgan fingerprint density at radius 1 is 0.810 bits per heavy atom. The summed E-state index contributed by atoms with van der Waals surface area (Å²) in [6.07, 6.45) is 22.6. The minimum atomic E-state index is -1.87. The molecule has 14 bridgehead atoms. The van der Waals surface area contributed by atoms with Gasteiger partial charge in [0.25, 0.3) is 0 Å². The van der Waals surface area contributed by atoms with Crippen LogP contribution in [0.4, 0.5) is 0 Å². The van der Waals surface area contributed by atoms with Gasteiger partial charge >= 0.3 is 5.97 Å². The van der Waals surface area contributed by atoms with E-state index in [1.165, 1.54) is 42.2 Å². The third kappa shape index (κ3) is 7.36. The van der Waals surface area contributed by atoms with E-state index in [0.29, 0.717) is 75.0 Å². The van der Waals surface area contributed by atoms with Crippen LogP contribution in [0.15, 0.2) is 96.6 Å². The Labute approximate surface area is 497 Å². The molecule has 3 heterocycles. The van der Waals surface area contributed by atoms with E-state index in [4.69, 9.17) is 9.47 Å². The lowest BCUT2D eigenvalue weighted by Gasteiger charge is -2.75. The van der Waals surface area contributed by atoms with Gasteiger partial charge in [0, 0.05) is 58.1 Å². The molecule has 0 radical (unpaired) electrons. The SMILES string of the molecule is CN[C@H]1Cc2c(cccc2CO)C#CCC[C@]23CC[C@H]4[C@@](O)(C[C@H]5C[C@H]6[C@@H]7CC=C[C@@H]6C[C@H]6[C@H]8O[C@@H](Cc9cccc(c9)C[C@@H]9CC[C@@H]7C9)C[C@@H]7C[C@@H](CCc9ccccc9)C[C@@]78C[C@@]4(C=O)[C@]56O)[C@@]2(O)C[C@@H]2C[C@@H]1[C@@H]1OC(=O)C=C1[C@@]23CO. The molecule has 1 saturated heterocycles. The molecule has 3 aromatic rings. The first kappa shape index (κ1) is 54.9. The van der Waals surface area contributed by atoms with Crippen molar-refractivity contribution in [1.29, 1.82) is 0 Å². The predicted molar refractivity (Wildman–Crippen MR) is 318 cm³/mol. The zero-order chi connectivity index (χ0) is 57.2. The number of carbonyl (C=O) groups excluding carboxylic acids is 2. The summed E-state index contributed by atoms with van der Waals surface area (Å²) in [4.78, 5) is 30.0. The fourth-order valence-electron chi connectivity index (χ4n) is 25.0. The highest BCUT2D eigenvalue weighted by atomic mass is 16.5. The van der Waals surface area contributed by atoms with Gasteiger partial charge in [0.05, 0.1) is 42.0 Å². The molecule has 84 heavy (non-hydrogen) atoms. The number of aliphatic hydroxyl groups excluding tert-OH is 2. The quantitative estimate of drug-likeness (QED) is 0.0581. The summed E-state index contributed by atoms with van der Waals surface area (Å²) in [5.74, 6) is 6.81. The van der Waals surface area contributed by atoms with Gasteiger partial charge in [0.15, 0.2) is 0 Å². The molecule has 11 aliphatic carbocycles. The molecule has 444 valence electrons. The van der Waals surface area contributed by atoms with Crippen LogP contribution in [0, 0.1) is 105 Å². The molecule has 0 unspecified atom stereocenters. The van der Waals surface area contributed by atoms with Crippen molar-refractivity contribution in [2.75, 3.05) is 13.7 Å². The van der Waals surface area contributed by atoms with Gasteiger partial charge in [-0.15, -0.1) is 0 Å².